The number of halogens is 1. The largest absolute Gasteiger partial charge is 0.366 e. The molecule has 0 saturated carbocycles. The maximum absolute atomic E-state index is 12.4. The summed E-state index contributed by atoms with van der Waals surface area (Å²) >= 11 is 7.43. The minimum atomic E-state index is -4.19. The van der Waals surface area contributed by atoms with Gasteiger partial charge in [0.25, 0.3) is 10.0 Å². The average molecular weight is 421 g/mol. The molecule has 2 amide bonds. The Morgan fingerprint density at radius 2 is 2.15 bits per heavy atom. The van der Waals surface area contributed by atoms with Crippen LogP contribution in [-0.4, -0.2) is 55.5 Å². The van der Waals surface area contributed by atoms with E-state index < -0.39 is 21.8 Å². The monoisotopic (exact) mass is 420 g/mol. The van der Waals surface area contributed by atoms with Crippen molar-refractivity contribution < 1.29 is 18.3 Å². The highest BCUT2D eigenvalue weighted by molar-refractivity contribution is 8.14. The van der Waals surface area contributed by atoms with Crippen molar-refractivity contribution in [3.8, 4) is 0 Å². The standard InChI is InChI=1S/C15H21ClN4O4S2/c1-4-18-14-20(5-2)15(22,9-25-14)10-6-7-11(16)12(8-10)26(23,24)19-13(21)17-3/h6-8,22H,4-5,9H2,1-3H3,(H2,17,19,21). The molecular formula is C15H21ClN4O4S2. The predicted octanol–water partition coefficient (Wildman–Crippen LogP) is 1.55. The first kappa shape index (κ1) is 20.8. The number of carbonyl (C=O) groups excluding carboxylic acids is 1. The lowest BCUT2D eigenvalue weighted by Crippen LogP contribution is -2.45. The number of rotatable bonds is 5. The van der Waals surface area contributed by atoms with Crippen LogP contribution in [0.5, 0.6) is 0 Å². The Morgan fingerprint density at radius 1 is 1.46 bits per heavy atom. The van der Waals surface area contributed by atoms with Crippen LogP contribution in [0.3, 0.4) is 0 Å². The molecule has 1 saturated heterocycles. The minimum absolute atomic E-state index is 0.0510. The fourth-order valence-electron chi connectivity index (χ4n) is 2.57. The Morgan fingerprint density at radius 3 is 2.73 bits per heavy atom. The zero-order valence-electron chi connectivity index (χ0n) is 14.6. The Balaban J connectivity index is 2.50. The number of hydrogen-bond acceptors (Lipinski definition) is 6. The van der Waals surface area contributed by atoms with Gasteiger partial charge in [-0.2, -0.15) is 0 Å². The van der Waals surface area contributed by atoms with E-state index in [0.717, 1.165) is 0 Å². The van der Waals surface area contributed by atoms with Crippen LogP contribution < -0.4 is 10.0 Å². The van der Waals surface area contributed by atoms with Gasteiger partial charge in [0.2, 0.25) is 0 Å². The molecule has 3 N–H and O–H groups in total. The third kappa shape index (κ3) is 3.93. The lowest BCUT2D eigenvalue weighted by Gasteiger charge is -2.34. The second-order valence-electron chi connectivity index (χ2n) is 5.44. The lowest BCUT2D eigenvalue weighted by atomic mass is 10.0. The summed E-state index contributed by atoms with van der Waals surface area (Å²) in [6.45, 7) is 4.84. The van der Waals surface area contributed by atoms with Gasteiger partial charge in [0.05, 0.1) is 10.8 Å². The third-order valence-electron chi connectivity index (χ3n) is 3.83. The number of benzene rings is 1. The number of aliphatic hydroxyl groups is 1. The molecule has 0 aromatic heterocycles. The molecule has 11 heteroatoms. The maximum Gasteiger partial charge on any atom is 0.328 e. The topological polar surface area (TPSA) is 111 Å². The van der Waals surface area contributed by atoms with Crippen LogP contribution in [0.2, 0.25) is 5.02 Å². The van der Waals surface area contributed by atoms with Crippen LogP contribution in [0.1, 0.15) is 19.4 Å². The van der Waals surface area contributed by atoms with E-state index in [-0.39, 0.29) is 9.92 Å². The number of hydrogen-bond donors (Lipinski definition) is 3. The zero-order valence-corrected chi connectivity index (χ0v) is 17.0. The molecule has 8 nitrogen and oxygen atoms in total. The van der Waals surface area contributed by atoms with E-state index in [9.17, 15) is 18.3 Å². The summed E-state index contributed by atoms with van der Waals surface area (Å²) in [5.74, 6) is 0.295. The second kappa shape index (κ2) is 8.03. The normalized spacial score (nSPS) is 21.9. The summed E-state index contributed by atoms with van der Waals surface area (Å²) in [6.07, 6.45) is 0. The molecule has 26 heavy (non-hydrogen) atoms. The van der Waals surface area contributed by atoms with Gasteiger partial charge in [-0.25, -0.2) is 17.9 Å². The quantitative estimate of drug-likeness (QED) is 0.666. The van der Waals surface area contributed by atoms with Crippen molar-refractivity contribution in [2.24, 2.45) is 4.99 Å². The fraction of sp³-hybridized carbons (Fsp3) is 0.467. The molecular weight excluding hydrogens is 400 g/mol. The van der Waals surface area contributed by atoms with E-state index in [1.54, 1.807) is 11.0 Å². The highest BCUT2D eigenvalue weighted by Gasteiger charge is 2.44. The summed E-state index contributed by atoms with van der Waals surface area (Å²) in [5.41, 5.74) is -1.07. The van der Waals surface area contributed by atoms with Gasteiger partial charge in [0, 0.05) is 25.7 Å². The summed E-state index contributed by atoms with van der Waals surface area (Å²) in [6, 6.07) is 3.36. The first-order chi connectivity index (χ1) is 12.2. The molecule has 1 aromatic rings. The first-order valence-corrected chi connectivity index (χ1v) is 10.8. The van der Waals surface area contributed by atoms with Crippen molar-refractivity contribution in [2.75, 3.05) is 25.9 Å². The Bertz CT molecular complexity index is 831. The van der Waals surface area contributed by atoms with Crippen LogP contribution in [0.4, 0.5) is 4.79 Å². The molecule has 0 bridgehead atoms. The van der Waals surface area contributed by atoms with E-state index in [0.29, 0.717) is 29.6 Å². The minimum Gasteiger partial charge on any atom is -0.366 e. The molecule has 0 spiro atoms. The smallest absolute Gasteiger partial charge is 0.328 e. The van der Waals surface area contributed by atoms with Gasteiger partial charge in [0.1, 0.15) is 4.90 Å². The molecule has 1 heterocycles. The first-order valence-electron chi connectivity index (χ1n) is 7.91. The van der Waals surface area contributed by atoms with E-state index in [1.165, 1.54) is 30.9 Å². The van der Waals surface area contributed by atoms with Gasteiger partial charge in [-0.05, 0) is 26.0 Å². The molecule has 1 fully saturated rings. The highest BCUT2D eigenvalue weighted by Crippen LogP contribution is 2.40. The number of sulfonamides is 1. The Hall–Kier alpha value is -1.49. The number of aliphatic imine (C=N–C) groups is 1. The molecule has 1 aliphatic rings. The molecule has 0 radical (unpaired) electrons. The van der Waals surface area contributed by atoms with E-state index >= 15 is 0 Å². The van der Waals surface area contributed by atoms with Crippen molar-refractivity contribution in [3.63, 3.8) is 0 Å². The van der Waals surface area contributed by atoms with Crippen molar-refractivity contribution in [1.82, 2.24) is 14.9 Å². The number of carbonyl (C=O) groups is 1. The number of amides is 2. The summed E-state index contributed by atoms with van der Waals surface area (Å²) < 4.78 is 26.7. The molecule has 1 aromatic carbocycles. The second-order valence-corrected chi connectivity index (χ2v) is 8.44. The summed E-state index contributed by atoms with van der Waals surface area (Å²) in [7, 11) is -2.89. The van der Waals surface area contributed by atoms with Gasteiger partial charge >= 0.3 is 6.03 Å². The lowest BCUT2D eigenvalue weighted by molar-refractivity contribution is -0.0455. The number of urea groups is 1. The molecule has 1 aliphatic heterocycles. The van der Waals surface area contributed by atoms with Gasteiger partial charge in [0.15, 0.2) is 10.9 Å². The number of thioether (sulfide) groups is 1. The van der Waals surface area contributed by atoms with E-state index in [2.05, 4.69) is 10.3 Å². The number of nitrogens with one attached hydrogen (secondary N) is 2. The van der Waals surface area contributed by atoms with Gasteiger partial charge in [-0.15, -0.1) is 0 Å². The molecule has 1 atom stereocenters. The molecule has 2 rings (SSSR count). The SMILES string of the molecule is CCN=C1SCC(O)(c2ccc(Cl)c(S(=O)(=O)NC(=O)NC)c2)N1CC. The summed E-state index contributed by atoms with van der Waals surface area (Å²) in [4.78, 5) is 17.2. The maximum atomic E-state index is 12.4. The van der Waals surface area contributed by atoms with Crippen molar-refractivity contribution in [2.45, 2.75) is 24.5 Å². The van der Waals surface area contributed by atoms with Crippen molar-refractivity contribution in [3.05, 3.63) is 28.8 Å². The van der Waals surface area contributed by atoms with E-state index in [1.807, 2.05) is 18.6 Å². The summed E-state index contributed by atoms with van der Waals surface area (Å²) in [5, 5.41) is 14.0. The molecule has 144 valence electrons. The van der Waals surface area contributed by atoms with Crippen LogP contribution in [0.15, 0.2) is 28.1 Å². The highest BCUT2D eigenvalue weighted by atomic mass is 35.5. The van der Waals surface area contributed by atoms with Crippen LogP contribution in [0, 0.1) is 0 Å². The third-order valence-corrected chi connectivity index (χ3v) is 6.79. The van der Waals surface area contributed by atoms with E-state index in [4.69, 9.17) is 11.6 Å². The van der Waals surface area contributed by atoms with Crippen molar-refractivity contribution >= 4 is 44.6 Å². The zero-order chi connectivity index (χ0) is 19.5. The predicted molar refractivity (Wildman–Crippen MR) is 103 cm³/mol. The van der Waals surface area contributed by atoms with Gasteiger partial charge in [-0.3, -0.25) is 4.99 Å². The molecule has 1 unspecified atom stereocenters. The number of amidine groups is 1. The fourth-order valence-corrected chi connectivity index (χ4v) is 5.36. The Kier molecular flexibility index (Phi) is 6.43. The van der Waals surface area contributed by atoms with Gasteiger partial charge < -0.3 is 15.3 Å². The van der Waals surface area contributed by atoms with Crippen LogP contribution >= 0.6 is 23.4 Å². The molecule has 0 aliphatic carbocycles. The van der Waals surface area contributed by atoms with Gasteiger partial charge in [-0.1, -0.05) is 29.4 Å². The average Bonchev–Trinajstić information content (AvgIpc) is 2.91. The Labute approximate surface area is 162 Å². The number of nitrogens with zero attached hydrogens (tertiary/aromatic N) is 2. The van der Waals surface area contributed by atoms with Crippen molar-refractivity contribution in [1.29, 1.82) is 0 Å². The van der Waals surface area contributed by atoms with Crippen LogP contribution in [0.25, 0.3) is 0 Å². The van der Waals surface area contributed by atoms with Crippen LogP contribution in [-0.2, 0) is 15.7 Å².